The van der Waals surface area contributed by atoms with Crippen molar-refractivity contribution in [1.82, 2.24) is 9.55 Å². The number of H-pyrrole nitrogens is 1. The highest BCUT2D eigenvalue weighted by Gasteiger charge is 2.38. The second kappa shape index (κ2) is 4.66. The molecule has 2 heterocycles. The molecule has 17 heavy (non-hydrogen) atoms. The molecule has 94 valence electrons. The second-order valence-electron chi connectivity index (χ2n) is 4.04. The minimum absolute atomic E-state index is 0.251. The summed E-state index contributed by atoms with van der Waals surface area (Å²) >= 11 is 1.30. The molecule has 0 aliphatic carbocycles. The Balaban J connectivity index is 2.39. The normalized spacial score (nSPS) is 28.5. The number of thioether (sulfide) groups is 1. The number of aromatic amines is 1. The van der Waals surface area contributed by atoms with E-state index in [4.69, 9.17) is 5.11 Å². The van der Waals surface area contributed by atoms with Gasteiger partial charge in [0.05, 0.1) is 17.9 Å². The van der Waals surface area contributed by atoms with Gasteiger partial charge in [-0.1, -0.05) is 0 Å². The number of halogens is 1. The maximum atomic E-state index is 13.9. The van der Waals surface area contributed by atoms with Crippen molar-refractivity contribution >= 4 is 11.8 Å². The first-order chi connectivity index (χ1) is 8.04. The molecule has 1 aliphatic rings. The number of aliphatic hydroxyl groups excluding tert-OH is 1. The van der Waals surface area contributed by atoms with Crippen molar-refractivity contribution in [2.45, 2.75) is 24.4 Å². The Kier molecular flexibility index (Phi) is 3.39. The number of rotatable bonds is 2. The van der Waals surface area contributed by atoms with Crippen LogP contribution in [0.5, 0.6) is 0 Å². The van der Waals surface area contributed by atoms with Gasteiger partial charge in [0.2, 0.25) is 0 Å². The molecule has 1 saturated heterocycles. The predicted octanol–water partition coefficient (Wildman–Crippen LogP) is -0.168. The minimum Gasteiger partial charge on any atom is -0.395 e. The van der Waals surface area contributed by atoms with E-state index in [1.165, 1.54) is 22.5 Å². The molecule has 1 aromatic heterocycles. The molecule has 0 spiro atoms. The summed E-state index contributed by atoms with van der Waals surface area (Å²) in [6, 6.07) is -0.625. The smallest absolute Gasteiger partial charge is 0.328 e. The van der Waals surface area contributed by atoms with Crippen LogP contribution in [0.4, 0.5) is 4.39 Å². The van der Waals surface area contributed by atoms with E-state index >= 15 is 0 Å². The first-order valence-electron chi connectivity index (χ1n) is 5.23. The van der Waals surface area contributed by atoms with Crippen molar-refractivity contribution in [3.63, 3.8) is 0 Å². The van der Waals surface area contributed by atoms with E-state index in [1.54, 1.807) is 6.92 Å². The average molecular weight is 260 g/mol. The van der Waals surface area contributed by atoms with Crippen molar-refractivity contribution in [3.05, 3.63) is 32.6 Å². The number of aryl methyl sites for hydroxylation is 1. The summed E-state index contributed by atoms with van der Waals surface area (Å²) in [6.07, 6.45) is 0.0895. The second-order valence-corrected chi connectivity index (χ2v) is 5.32. The van der Waals surface area contributed by atoms with Crippen molar-refractivity contribution < 1.29 is 9.50 Å². The van der Waals surface area contributed by atoms with Gasteiger partial charge in [-0.2, -0.15) is 11.8 Å². The molecule has 2 N–H and O–H groups in total. The predicted molar refractivity (Wildman–Crippen MR) is 63.3 cm³/mol. The maximum Gasteiger partial charge on any atom is 0.328 e. The van der Waals surface area contributed by atoms with Crippen LogP contribution >= 0.6 is 11.8 Å². The van der Waals surface area contributed by atoms with Gasteiger partial charge >= 0.3 is 5.69 Å². The van der Waals surface area contributed by atoms with E-state index in [1.807, 2.05) is 0 Å². The molecular weight excluding hydrogens is 247 g/mol. The zero-order valence-corrected chi connectivity index (χ0v) is 10.0. The van der Waals surface area contributed by atoms with Crippen molar-refractivity contribution in [1.29, 1.82) is 0 Å². The van der Waals surface area contributed by atoms with Gasteiger partial charge in [0, 0.05) is 17.5 Å². The minimum atomic E-state index is -1.28. The molecule has 0 unspecified atom stereocenters. The summed E-state index contributed by atoms with van der Waals surface area (Å²) in [5.74, 6) is 0.414. The number of nitrogens with one attached hydrogen (secondary N) is 1. The zero-order chi connectivity index (χ0) is 12.6. The largest absolute Gasteiger partial charge is 0.395 e. The Morgan fingerprint density at radius 2 is 2.35 bits per heavy atom. The summed E-state index contributed by atoms with van der Waals surface area (Å²) < 4.78 is 15.1. The van der Waals surface area contributed by atoms with Crippen LogP contribution in [0.25, 0.3) is 0 Å². The average Bonchev–Trinajstić information content (AvgIpc) is 2.65. The van der Waals surface area contributed by atoms with Gasteiger partial charge in [0.1, 0.15) is 6.17 Å². The highest BCUT2D eigenvalue weighted by molar-refractivity contribution is 8.00. The van der Waals surface area contributed by atoms with Gasteiger partial charge in [-0.25, -0.2) is 9.18 Å². The van der Waals surface area contributed by atoms with Crippen LogP contribution in [0.3, 0.4) is 0 Å². The SMILES string of the molecule is Cc1cn([C@@H]2CS[C@H](CO)[C@H]2F)c(=O)[nH]c1=O. The standard InChI is InChI=1S/C10H13FN2O3S/c1-5-2-13(10(16)12-9(5)15)6-4-17-7(3-14)8(6)11/h2,6-8,14H,3-4H2,1H3,(H,12,15,16)/t6-,7-,8+/m1/s1. The molecule has 7 heteroatoms. The maximum absolute atomic E-state index is 13.9. The monoisotopic (exact) mass is 260 g/mol. The zero-order valence-electron chi connectivity index (χ0n) is 9.22. The quantitative estimate of drug-likeness (QED) is 0.774. The number of aliphatic hydroxyl groups is 1. The van der Waals surface area contributed by atoms with Crippen LogP contribution in [-0.4, -0.2) is 38.4 Å². The van der Waals surface area contributed by atoms with Crippen molar-refractivity contribution in [3.8, 4) is 0 Å². The molecule has 3 atom stereocenters. The lowest BCUT2D eigenvalue weighted by molar-refractivity contribution is 0.196. The van der Waals surface area contributed by atoms with Crippen LogP contribution < -0.4 is 11.2 Å². The molecule has 1 fully saturated rings. The Labute approximate surface area is 101 Å². The van der Waals surface area contributed by atoms with E-state index in [9.17, 15) is 14.0 Å². The topological polar surface area (TPSA) is 75.1 Å². The number of nitrogens with zero attached hydrogens (tertiary/aromatic N) is 1. The molecule has 0 saturated carbocycles. The molecule has 5 nitrogen and oxygen atoms in total. The van der Waals surface area contributed by atoms with Crippen LogP contribution in [0.1, 0.15) is 11.6 Å². The Hall–Kier alpha value is -1.08. The van der Waals surface area contributed by atoms with Gasteiger partial charge in [-0.05, 0) is 6.92 Å². The Morgan fingerprint density at radius 1 is 1.65 bits per heavy atom. The summed E-state index contributed by atoms with van der Waals surface area (Å²) in [6.45, 7) is 1.31. The van der Waals surface area contributed by atoms with Crippen LogP contribution in [0.2, 0.25) is 0 Å². The van der Waals surface area contributed by atoms with Gasteiger partial charge in [0.25, 0.3) is 5.56 Å². The van der Waals surface area contributed by atoms with E-state index in [0.29, 0.717) is 11.3 Å². The third-order valence-corrected chi connectivity index (χ3v) is 4.26. The van der Waals surface area contributed by atoms with E-state index in [-0.39, 0.29) is 6.61 Å². The van der Waals surface area contributed by atoms with Gasteiger partial charge < -0.3 is 5.11 Å². The summed E-state index contributed by atoms with van der Waals surface area (Å²) in [7, 11) is 0. The lowest BCUT2D eigenvalue weighted by Gasteiger charge is -2.17. The number of hydrogen-bond donors (Lipinski definition) is 2. The number of alkyl halides is 1. The van der Waals surface area contributed by atoms with Crippen LogP contribution in [0, 0.1) is 6.92 Å². The van der Waals surface area contributed by atoms with Gasteiger partial charge in [-0.15, -0.1) is 0 Å². The number of hydrogen-bond acceptors (Lipinski definition) is 4. The van der Waals surface area contributed by atoms with Gasteiger partial charge in [-0.3, -0.25) is 14.3 Å². The summed E-state index contributed by atoms with van der Waals surface area (Å²) in [5.41, 5.74) is -0.687. The molecule has 0 bridgehead atoms. The fraction of sp³-hybridized carbons (Fsp3) is 0.600. The van der Waals surface area contributed by atoms with E-state index in [2.05, 4.69) is 4.98 Å². The number of aromatic nitrogens is 2. The molecule has 0 aromatic carbocycles. The van der Waals surface area contributed by atoms with E-state index < -0.39 is 28.7 Å². The molecule has 0 radical (unpaired) electrons. The molecule has 1 aromatic rings. The molecule has 2 rings (SSSR count). The van der Waals surface area contributed by atoms with Crippen molar-refractivity contribution in [2.24, 2.45) is 0 Å². The van der Waals surface area contributed by atoms with E-state index in [0.717, 1.165) is 0 Å². The highest BCUT2D eigenvalue weighted by atomic mass is 32.2. The van der Waals surface area contributed by atoms with Crippen molar-refractivity contribution in [2.75, 3.05) is 12.4 Å². The first kappa shape index (κ1) is 12.4. The van der Waals surface area contributed by atoms with Crippen LogP contribution in [0.15, 0.2) is 15.8 Å². The fourth-order valence-corrected chi connectivity index (χ4v) is 3.13. The molecular formula is C10H13FN2O3S. The Bertz CT molecular complexity index is 527. The lowest BCUT2D eigenvalue weighted by Crippen LogP contribution is -2.37. The Morgan fingerprint density at radius 3 is 2.94 bits per heavy atom. The fourth-order valence-electron chi connectivity index (χ4n) is 1.87. The lowest BCUT2D eigenvalue weighted by atomic mass is 10.1. The van der Waals surface area contributed by atoms with Gasteiger partial charge in [0.15, 0.2) is 0 Å². The molecule has 1 aliphatic heterocycles. The summed E-state index contributed by atoms with van der Waals surface area (Å²) in [5, 5.41) is 8.46. The first-order valence-corrected chi connectivity index (χ1v) is 6.28. The summed E-state index contributed by atoms with van der Waals surface area (Å²) in [4.78, 5) is 24.9. The third-order valence-electron chi connectivity index (χ3n) is 2.89. The van der Waals surface area contributed by atoms with Crippen LogP contribution in [-0.2, 0) is 0 Å². The third kappa shape index (κ3) is 2.16. The highest BCUT2D eigenvalue weighted by Crippen LogP contribution is 2.36. The molecule has 0 amide bonds.